The molecule has 3 unspecified atom stereocenters. The molecular formula is C17H24N2S. The Morgan fingerprint density at radius 1 is 1.25 bits per heavy atom. The van der Waals surface area contributed by atoms with E-state index in [1.807, 2.05) is 11.3 Å². The molecule has 1 aromatic carbocycles. The Morgan fingerprint density at radius 2 is 2.05 bits per heavy atom. The molecule has 0 saturated carbocycles. The number of hydrogen-bond donors (Lipinski definition) is 1. The van der Waals surface area contributed by atoms with E-state index in [-0.39, 0.29) is 6.04 Å². The van der Waals surface area contributed by atoms with Gasteiger partial charge in [0.1, 0.15) is 0 Å². The van der Waals surface area contributed by atoms with Gasteiger partial charge in [-0.15, -0.1) is 11.3 Å². The molecule has 2 N–H and O–H groups in total. The predicted molar refractivity (Wildman–Crippen MR) is 88.2 cm³/mol. The second kappa shape index (κ2) is 5.84. The topological polar surface area (TPSA) is 29.3 Å². The van der Waals surface area contributed by atoms with Gasteiger partial charge in [0.05, 0.1) is 0 Å². The third-order valence-corrected chi connectivity index (χ3v) is 5.84. The smallest absolute Gasteiger partial charge is 0.0417 e. The summed E-state index contributed by atoms with van der Waals surface area (Å²) in [7, 11) is 0. The normalized spacial score (nSPS) is 23.9. The van der Waals surface area contributed by atoms with Crippen LogP contribution in [-0.4, -0.2) is 23.5 Å². The lowest BCUT2D eigenvalue weighted by Gasteiger charge is -2.41. The average molecular weight is 288 g/mol. The van der Waals surface area contributed by atoms with E-state index in [1.54, 1.807) is 0 Å². The summed E-state index contributed by atoms with van der Waals surface area (Å²) in [6, 6.07) is 12.3. The van der Waals surface area contributed by atoms with E-state index in [9.17, 15) is 0 Å². The van der Waals surface area contributed by atoms with Crippen molar-refractivity contribution in [3.8, 4) is 0 Å². The maximum absolute atomic E-state index is 6.21. The first-order valence-electron chi connectivity index (χ1n) is 7.66. The number of thiophene rings is 1. The molecule has 0 bridgehead atoms. The van der Waals surface area contributed by atoms with E-state index in [2.05, 4.69) is 49.1 Å². The van der Waals surface area contributed by atoms with Gasteiger partial charge in [0.15, 0.2) is 0 Å². The van der Waals surface area contributed by atoms with E-state index in [4.69, 9.17) is 5.73 Å². The standard InChI is InChI=1S/C17H24N2S/c1-12(18)15-8-5-6-10-19(15)13(2)17-11-14-7-3-4-9-16(14)20-17/h3-4,7,9,11-13,15H,5-6,8,10,18H2,1-2H3. The van der Waals surface area contributed by atoms with E-state index < -0.39 is 0 Å². The molecule has 1 aliphatic rings. The third-order valence-electron chi connectivity index (χ3n) is 4.55. The molecule has 2 heterocycles. The van der Waals surface area contributed by atoms with Gasteiger partial charge in [0.2, 0.25) is 0 Å². The SMILES string of the molecule is CC(N)C1CCCCN1C(C)c1cc2ccccc2s1. The van der Waals surface area contributed by atoms with Crippen molar-refractivity contribution in [1.29, 1.82) is 0 Å². The van der Waals surface area contributed by atoms with E-state index in [0.29, 0.717) is 12.1 Å². The van der Waals surface area contributed by atoms with Crippen LogP contribution in [0.2, 0.25) is 0 Å². The minimum Gasteiger partial charge on any atom is -0.327 e. The van der Waals surface area contributed by atoms with Crippen molar-refractivity contribution in [2.75, 3.05) is 6.54 Å². The Hall–Kier alpha value is -0.900. The van der Waals surface area contributed by atoms with Crippen molar-refractivity contribution in [3.05, 3.63) is 35.2 Å². The van der Waals surface area contributed by atoms with Crippen LogP contribution < -0.4 is 5.73 Å². The van der Waals surface area contributed by atoms with Crippen LogP contribution >= 0.6 is 11.3 Å². The molecule has 3 heteroatoms. The van der Waals surface area contributed by atoms with Crippen LogP contribution in [0, 0.1) is 0 Å². The van der Waals surface area contributed by atoms with Crippen molar-refractivity contribution in [1.82, 2.24) is 4.90 Å². The Bertz CT molecular complexity index is 542. The highest BCUT2D eigenvalue weighted by Crippen LogP contribution is 2.35. The van der Waals surface area contributed by atoms with Crippen LogP contribution in [0.15, 0.2) is 30.3 Å². The monoisotopic (exact) mass is 288 g/mol. The summed E-state index contributed by atoms with van der Waals surface area (Å²) in [5.41, 5.74) is 6.21. The van der Waals surface area contributed by atoms with Gasteiger partial charge in [-0.2, -0.15) is 0 Å². The molecule has 2 nitrogen and oxygen atoms in total. The van der Waals surface area contributed by atoms with Crippen molar-refractivity contribution in [2.24, 2.45) is 5.73 Å². The van der Waals surface area contributed by atoms with Crippen LogP contribution in [0.25, 0.3) is 10.1 Å². The Balaban J connectivity index is 1.88. The third kappa shape index (κ3) is 2.62. The first-order chi connectivity index (χ1) is 9.66. The molecule has 108 valence electrons. The van der Waals surface area contributed by atoms with Crippen LogP contribution in [0.5, 0.6) is 0 Å². The summed E-state index contributed by atoms with van der Waals surface area (Å²) in [5.74, 6) is 0. The Labute approximate surface area is 125 Å². The number of likely N-dealkylation sites (tertiary alicyclic amines) is 1. The predicted octanol–water partition coefficient (Wildman–Crippen LogP) is 4.16. The van der Waals surface area contributed by atoms with Gasteiger partial charge in [0.25, 0.3) is 0 Å². The molecule has 1 fully saturated rings. The number of rotatable bonds is 3. The van der Waals surface area contributed by atoms with Crippen LogP contribution in [0.3, 0.4) is 0 Å². The molecule has 0 spiro atoms. The number of nitrogens with two attached hydrogens (primary N) is 1. The van der Waals surface area contributed by atoms with Crippen LogP contribution in [-0.2, 0) is 0 Å². The van der Waals surface area contributed by atoms with Crippen molar-refractivity contribution < 1.29 is 0 Å². The van der Waals surface area contributed by atoms with Gasteiger partial charge in [-0.25, -0.2) is 0 Å². The minimum atomic E-state index is 0.257. The summed E-state index contributed by atoms with van der Waals surface area (Å²) in [4.78, 5) is 4.09. The fourth-order valence-electron chi connectivity index (χ4n) is 3.40. The number of piperidine rings is 1. The quantitative estimate of drug-likeness (QED) is 0.918. The van der Waals surface area contributed by atoms with Gasteiger partial charge in [0, 0.05) is 27.7 Å². The van der Waals surface area contributed by atoms with Crippen LogP contribution in [0.1, 0.15) is 44.0 Å². The molecule has 3 atom stereocenters. The maximum atomic E-state index is 6.21. The molecule has 1 aliphatic heterocycles. The average Bonchev–Trinajstić information content (AvgIpc) is 2.90. The molecule has 20 heavy (non-hydrogen) atoms. The van der Waals surface area contributed by atoms with Gasteiger partial charge in [-0.1, -0.05) is 24.6 Å². The zero-order valence-electron chi connectivity index (χ0n) is 12.4. The lowest BCUT2D eigenvalue weighted by Crippen LogP contribution is -2.49. The molecule has 3 rings (SSSR count). The first-order valence-corrected chi connectivity index (χ1v) is 8.48. The van der Waals surface area contributed by atoms with E-state index in [0.717, 1.165) is 0 Å². The largest absolute Gasteiger partial charge is 0.327 e. The first kappa shape index (κ1) is 14.1. The summed E-state index contributed by atoms with van der Waals surface area (Å²) in [6.45, 7) is 5.67. The van der Waals surface area contributed by atoms with E-state index >= 15 is 0 Å². The molecular weight excluding hydrogens is 264 g/mol. The molecule has 0 amide bonds. The highest BCUT2D eigenvalue weighted by Gasteiger charge is 2.30. The highest BCUT2D eigenvalue weighted by atomic mass is 32.1. The summed E-state index contributed by atoms with van der Waals surface area (Å²) < 4.78 is 1.39. The van der Waals surface area contributed by atoms with Crippen molar-refractivity contribution in [3.63, 3.8) is 0 Å². The second-order valence-corrected chi connectivity index (χ2v) is 7.14. The lowest BCUT2D eigenvalue weighted by atomic mass is 9.95. The van der Waals surface area contributed by atoms with Gasteiger partial charge >= 0.3 is 0 Å². The molecule has 2 aromatic rings. The van der Waals surface area contributed by atoms with Gasteiger partial charge < -0.3 is 5.73 Å². The fourth-order valence-corrected chi connectivity index (χ4v) is 4.53. The zero-order valence-corrected chi connectivity index (χ0v) is 13.2. The Kier molecular flexibility index (Phi) is 4.11. The fraction of sp³-hybridized carbons (Fsp3) is 0.529. The number of hydrogen-bond acceptors (Lipinski definition) is 3. The summed E-state index contributed by atoms with van der Waals surface area (Å²) in [6.07, 6.45) is 3.87. The minimum absolute atomic E-state index is 0.257. The molecule has 0 radical (unpaired) electrons. The van der Waals surface area contributed by atoms with Crippen molar-refractivity contribution in [2.45, 2.75) is 51.2 Å². The zero-order chi connectivity index (χ0) is 14.1. The van der Waals surface area contributed by atoms with Crippen molar-refractivity contribution >= 4 is 21.4 Å². The number of benzene rings is 1. The maximum Gasteiger partial charge on any atom is 0.0417 e. The number of fused-ring (bicyclic) bond motifs is 1. The summed E-state index contributed by atoms with van der Waals surface area (Å²) >= 11 is 1.93. The van der Waals surface area contributed by atoms with E-state index in [1.165, 1.54) is 40.8 Å². The summed E-state index contributed by atoms with van der Waals surface area (Å²) in [5, 5.41) is 1.37. The Morgan fingerprint density at radius 3 is 2.80 bits per heavy atom. The van der Waals surface area contributed by atoms with Gasteiger partial charge in [-0.05, 0) is 50.8 Å². The molecule has 0 aliphatic carbocycles. The lowest BCUT2D eigenvalue weighted by molar-refractivity contribution is 0.0906. The second-order valence-electron chi connectivity index (χ2n) is 6.02. The number of nitrogens with zero attached hydrogens (tertiary/aromatic N) is 1. The molecule has 1 aromatic heterocycles. The highest BCUT2D eigenvalue weighted by molar-refractivity contribution is 7.19. The van der Waals surface area contributed by atoms with Gasteiger partial charge in [-0.3, -0.25) is 4.90 Å². The molecule has 1 saturated heterocycles. The van der Waals surface area contributed by atoms with Crippen LogP contribution in [0.4, 0.5) is 0 Å².